The average Bonchev–Trinajstić information content (AvgIpc) is 2.29. The first-order valence-electron chi connectivity index (χ1n) is 5.35. The number of nitrogens with one attached hydrogen (secondary N) is 1. The Morgan fingerprint density at radius 3 is 1.95 bits per heavy atom. The first kappa shape index (κ1) is 17.5. The molecule has 0 aromatic heterocycles. The number of rotatable bonds is 4. The zero-order valence-electron chi connectivity index (χ0n) is 10.9. The minimum atomic E-state index is -4.32. The predicted molar refractivity (Wildman–Crippen MR) is 70.7 cm³/mol. The number of anilines is 1. The van der Waals surface area contributed by atoms with Crippen LogP contribution in [0.1, 0.15) is 6.92 Å². The van der Waals surface area contributed by atoms with Gasteiger partial charge in [-0.2, -0.15) is 0 Å². The van der Waals surface area contributed by atoms with E-state index in [-0.39, 0.29) is 0 Å². The van der Waals surface area contributed by atoms with Gasteiger partial charge in [0.25, 0.3) is 0 Å². The summed E-state index contributed by atoms with van der Waals surface area (Å²) in [4.78, 5) is 10.8. The zero-order valence-corrected chi connectivity index (χ0v) is 12.6. The van der Waals surface area contributed by atoms with Crippen LogP contribution in [-0.4, -0.2) is 34.2 Å². The summed E-state index contributed by atoms with van der Waals surface area (Å²) in [5, 5.41) is 4.95. The third kappa shape index (κ3) is 4.19. The molecule has 0 heterocycles. The first-order valence-corrected chi connectivity index (χ1v) is 8.85. The summed E-state index contributed by atoms with van der Waals surface area (Å²) < 4.78 is 71.6. The lowest BCUT2D eigenvalue weighted by Crippen LogP contribution is -2.32. The van der Waals surface area contributed by atoms with Gasteiger partial charge in [-0.1, -0.05) is 0 Å². The van der Waals surface area contributed by atoms with Gasteiger partial charge in [0, 0.05) is 6.26 Å². The van der Waals surface area contributed by atoms with Crippen molar-refractivity contribution in [2.75, 3.05) is 11.6 Å². The Kier molecular flexibility index (Phi) is 4.70. The first-order chi connectivity index (χ1) is 9.34. The van der Waals surface area contributed by atoms with Gasteiger partial charge in [-0.25, -0.2) is 30.8 Å². The van der Waals surface area contributed by atoms with Crippen LogP contribution in [-0.2, 0) is 24.7 Å². The van der Waals surface area contributed by atoms with Crippen LogP contribution in [0.2, 0.25) is 0 Å². The van der Waals surface area contributed by atoms with E-state index in [9.17, 15) is 30.4 Å². The molecule has 7 nitrogen and oxygen atoms in total. The highest BCUT2D eigenvalue weighted by Gasteiger charge is 2.26. The molecule has 0 aliphatic heterocycles. The van der Waals surface area contributed by atoms with E-state index in [2.05, 4.69) is 0 Å². The zero-order chi connectivity index (χ0) is 16.6. The van der Waals surface area contributed by atoms with Gasteiger partial charge in [0.2, 0.25) is 15.9 Å². The molecular formula is C10H12F2N2O5S2. The van der Waals surface area contributed by atoms with Crippen molar-refractivity contribution in [3.63, 3.8) is 0 Å². The van der Waals surface area contributed by atoms with E-state index >= 15 is 0 Å². The number of hydrogen-bond acceptors (Lipinski definition) is 5. The van der Waals surface area contributed by atoms with Gasteiger partial charge in [0.05, 0.1) is 4.90 Å². The summed E-state index contributed by atoms with van der Waals surface area (Å²) in [6, 6.07) is 0.832. The molecule has 0 saturated carbocycles. The van der Waals surface area contributed by atoms with Gasteiger partial charge in [-0.05, 0) is 19.1 Å². The normalized spacial score (nSPS) is 13.8. The number of carbonyl (C=O) groups is 1. The lowest BCUT2D eigenvalue weighted by Gasteiger charge is -2.12. The summed E-state index contributed by atoms with van der Waals surface area (Å²) in [5.41, 5.74) is -0.956. The molecule has 11 heteroatoms. The number of sulfone groups is 1. The van der Waals surface area contributed by atoms with Crippen molar-refractivity contribution in [1.82, 2.24) is 0 Å². The molecule has 1 aromatic rings. The summed E-state index contributed by atoms with van der Waals surface area (Å²) in [6.07, 6.45) is 0.786. The molecular weight excluding hydrogens is 330 g/mol. The summed E-state index contributed by atoms with van der Waals surface area (Å²) >= 11 is 0. The lowest BCUT2D eigenvalue weighted by atomic mass is 10.2. The van der Waals surface area contributed by atoms with Gasteiger partial charge < -0.3 is 5.32 Å². The van der Waals surface area contributed by atoms with Crippen molar-refractivity contribution in [2.24, 2.45) is 5.14 Å². The fourth-order valence-corrected chi connectivity index (χ4v) is 2.24. The monoisotopic (exact) mass is 342 g/mol. The van der Waals surface area contributed by atoms with Crippen molar-refractivity contribution >= 4 is 31.5 Å². The maximum atomic E-state index is 13.6. The van der Waals surface area contributed by atoms with Crippen LogP contribution in [0.5, 0.6) is 0 Å². The maximum Gasteiger partial charge on any atom is 0.242 e. The predicted octanol–water partition coefficient (Wildman–Crippen LogP) is -0.0162. The van der Waals surface area contributed by atoms with Crippen LogP contribution < -0.4 is 10.5 Å². The third-order valence-electron chi connectivity index (χ3n) is 2.60. The highest BCUT2D eigenvalue weighted by molar-refractivity contribution is 7.92. The van der Waals surface area contributed by atoms with E-state index < -0.39 is 53.2 Å². The van der Waals surface area contributed by atoms with Crippen molar-refractivity contribution in [3.05, 3.63) is 23.8 Å². The van der Waals surface area contributed by atoms with Crippen LogP contribution in [0.15, 0.2) is 17.0 Å². The molecule has 0 radical (unpaired) electrons. The molecule has 0 fully saturated rings. The van der Waals surface area contributed by atoms with Gasteiger partial charge in [-0.15, -0.1) is 0 Å². The molecule has 118 valence electrons. The van der Waals surface area contributed by atoms with Gasteiger partial charge in [-0.3, -0.25) is 4.79 Å². The number of sulfonamides is 1. The molecule has 0 bridgehead atoms. The van der Waals surface area contributed by atoms with E-state index in [1.165, 1.54) is 0 Å². The second-order valence-electron chi connectivity index (χ2n) is 4.27. The Labute approximate surface area is 120 Å². The number of amides is 1. The quantitative estimate of drug-likeness (QED) is 0.796. The number of nitrogens with two attached hydrogens (primary N) is 1. The molecule has 1 amide bonds. The van der Waals surface area contributed by atoms with E-state index in [1.807, 2.05) is 0 Å². The Bertz CT molecular complexity index is 767. The van der Waals surface area contributed by atoms with Gasteiger partial charge in [0.1, 0.15) is 10.9 Å². The Hall–Kier alpha value is -1.59. The lowest BCUT2D eigenvalue weighted by molar-refractivity contribution is -0.115. The van der Waals surface area contributed by atoms with Crippen LogP contribution >= 0.6 is 0 Å². The smallest absolute Gasteiger partial charge is 0.242 e. The Balaban J connectivity index is 3.20. The SMILES string of the molecule is CC(C(=O)Nc1c(F)cc(S(N)(=O)=O)cc1F)S(C)(=O)=O. The standard InChI is InChI=1S/C10H12F2N2O5S2/c1-5(20(2,16)17)10(15)14-9-7(11)3-6(4-8(9)12)21(13,18)19/h3-5H,1-2H3,(H,14,15)(H2,13,18,19). The van der Waals surface area contributed by atoms with E-state index in [4.69, 9.17) is 5.14 Å². The fraction of sp³-hybridized carbons (Fsp3) is 0.300. The van der Waals surface area contributed by atoms with E-state index in [1.54, 1.807) is 5.32 Å². The van der Waals surface area contributed by atoms with Crippen LogP contribution in [0.25, 0.3) is 0 Å². The number of halogens is 2. The van der Waals surface area contributed by atoms with Crippen molar-refractivity contribution in [2.45, 2.75) is 17.1 Å². The Morgan fingerprint density at radius 1 is 1.19 bits per heavy atom. The molecule has 3 N–H and O–H groups in total. The van der Waals surface area contributed by atoms with E-state index in [0.717, 1.165) is 13.2 Å². The summed E-state index contributed by atoms with van der Waals surface area (Å²) in [5.74, 6) is -3.94. The number of carbonyl (C=O) groups excluding carboxylic acids is 1. The minimum absolute atomic E-state index is 0.416. The fourth-order valence-electron chi connectivity index (χ4n) is 1.25. The maximum absolute atomic E-state index is 13.6. The molecule has 21 heavy (non-hydrogen) atoms. The summed E-state index contributed by atoms with van der Waals surface area (Å²) in [6.45, 7) is 1.04. The molecule has 1 unspecified atom stereocenters. The molecule has 0 spiro atoms. The number of hydrogen-bond donors (Lipinski definition) is 2. The molecule has 1 rings (SSSR count). The highest BCUT2D eigenvalue weighted by Crippen LogP contribution is 2.23. The van der Waals surface area contributed by atoms with Crippen LogP contribution in [0.4, 0.5) is 14.5 Å². The molecule has 0 aliphatic carbocycles. The van der Waals surface area contributed by atoms with Crippen molar-refractivity contribution in [3.8, 4) is 0 Å². The highest BCUT2D eigenvalue weighted by atomic mass is 32.2. The van der Waals surface area contributed by atoms with Crippen molar-refractivity contribution in [1.29, 1.82) is 0 Å². The van der Waals surface area contributed by atoms with Gasteiger partial charge >= 0.3 is 0 Å². The molecule has 0 saturated heterocycles. The molecule has 0 aliphatic rings. The largest absolute Gasteiger partial charge is 0.320 e. The van der Waals surface area contributed by atoms with Gasteiger partial charge in [0.15, 0.2) is 21.5 Å². The second-order valence-corrected chi connectivity index (χ2v) is 8.20. The van der Waals surface area contributed by atoms with Crippen LogP contribution in [0, 0.1) is 11.6 Å². The summed E-state index contributed by atoms with van der Waals surface area (Å²) in [7, 11) is -8.07. The minimum Gasteiger partial charge on any atom is -0.320 e. The van der Waals surface area contributed by atoms with Crippen molar-refractivity contribution < 1.29 is 30.4 Å². The molecule has 1 atom stereocenters. The topological polar surface area (TPSA) is 123 Å². The number of benzene rings is 1. The van der Waals surface area contributed by atoms with E-state index in [0.29, 0.717) is 12.1 Å². The Morgan fingerprint density at radius 2 is 1.62 bits per heavy atom. The second kappa shape index (κ2) is 5.66. The third-order valence-corrected chi connectivity index (χ3v) is 5.00. The average molecular weight is 342 g/mol. The molecule has 1 aromatic carbocycles. The van der Waals surface area contributed by atoms with Crippen LogP contribution in [0.3, 0.4) is 0 Å². The number of primary sulfonamides is 1.